The Bertz CT molecular complexity index is 1020. The number of aryl methyl sites for hydroxylation is 4. The molecule has 0 bridgehead atoms. The van der Waals surface area contributed by atoms with Gasteiger partial charge in [0.25, 0.3) is 5.91 Å². The molecule has 0 aliphatic carbocycles. The van der Waals surface area contributed by atoms with Gasteiger partial charge in [0.05, 0.1) is 16.9 Å². The predicted molar refractivity (Wildman–Crippen MR) is 108 cm³/mol. The Hall–Kier alpha value is -2.81. The summed E-state index contributed by atoms with van der Waals surface area (Å²) in [5, 5.41) is 4.53. The summed E-state index contributed by atoms with van der Waals surface area (Å²) >= 11 is 1.41. The molecule has 28 heavy (non-hydrogen) atoms. The van der Waals surface area contributed by atoms with Crippen molar-refractivity contribution >= 4 is 23.1 Å². The normalized spacial score (nSPS) is 14.6. The Labute approximate surface area is 167 Å². The molecular weight excluding hydrogens is 374 g/mol. The van der Waals surface area contributed by atoms with Crippen molar-refractivity contribution in [2.45, 2.75) is 27.7 Å². The Kier molecular flexibility index (Phi) is 4.84. The first-order chi connectivity index (χ1) is 13.4. The van der Waals surface area contributed by atoms with Crippen molar-refractivity contribution in [1.82, 2.24) is 29.6 Å². The molecule has 1 saturated heterocycles. The van der Waals surface area contributed by atoms with E-state index in [1.807, 2.05) is 49.4 Å². The maximum Gasteiger partial charge on any atom is 0.265 e. The topological polar surface area (TPSA) is 80.0 Å². The molecule has 0 unspecified atom stereocenters. The van der Waals surface area contributed by atoms with E-state index in [-0.39, 0.29) is 5.91 Å². The molecule has 0 atom stereocenters. The molecule has 0 radical (unpaired) electrons. The van der Waals surface area contributed by atoms with E-state index in [9.17, 15) is 4.79 Å². The van der Waals surface area contributed by atoms with Crippen molar-refractivity contribution in [1.29, 1.82) is 0 Å². The lowest BCUT2D eigenvalue weighted by Gasteiger charge is -2.35. The highest BCUT2D eigenvalue weighted by Gasteiger charge is 2.25. The minimum Gasteiger partial charge on any atom is -0.353 e. The second-order valence-corrected chi connectivity index (χ2v) is 7.87. The summed E-state index contributed by atoms with van der Waals surface area (Å²) in [4.78, 5) is 30.9. The number of anilines is 1. The van der Waals surface area contributed by atoms with E-state index in [1.165, 1.54) is 11.3 Å². The van der Waals surface area contributed by atoms with Crippen LogP contribution in [-0.2, 0) is 0 Å². The summed E-state index contributed by atoms with van der Waals surface area (Å²) in [5.74, 6) is 2.42. The van der Waals surface area contributed by atoms with Crippen molar-refractivity contribution in [2.24, 2.45) is 0 Å². The van der Waals surface area contributed by atoms with Gasteiger partial charge in [-0.3, -0.25) is 4.79 Å². The summed E-state index contributed by atoms with van der Waals surface area (Å²) < 4.78 is 1.85. The molecule has 0 N–H and O–H groups in total. The molecule has 4 heterocycles. The third-order valence-electron chi connectivity index (χ3n) is 4.87. The standard InChI is InChI=1S/C19H23N7OS/c1-12-9-13(2)26(23-12)17-10-16(21-15(4)22-17)24-5-7-25(8-6-24)19(27)18-14(3)20-11-28-18/h9-11H,5-8H2,1-4H3. The minimum absolute atomic E-state index is 0.0712. The van der Waals surface area contributed by atoms with E-state index in [0.717, 1.165) is 46.7 Å². The number of carbonyl (C=O) groups excluding carboxylic acids is 1. The predicted octanol–water partition coefficient (Wildman–Crippen LogP) is 2.31. The number of amides is 1. The molecule has 1 aliphatic rings. The molecule has 9 heteroatoms. The van der Waals surface area contributed by atoms with Gasteiger partial charge in [0, 0.05) is 37.9 Å². The molecule has 3 aromatic heterocycles. The van der Waals surface area contributed by atoms with Crippen LogP contribution in [0.3, 0.4) is 0 Å². The SMILES string of the molecule is Cc1cc(C)n(-c2cc(N3CCN(C(=O)c4scnc4C)CC3)nc(C)n2)n1. The average molecular weight is 398 g/mol. The van der Waals surface area contributed by atoms with Crippen LogP contribution in [0, 0.1) is 27.7 Å². The lowest BCUT2D eigenvalue weighted by Crippen LogP contribution is -2.49. The van der Waals surface area contributed by atoms with Gasteiger partial charge in [0.15, 0.2) is 5.82 Å². The second kappa shape index (κ2) is 7.31. The van der Waals surface area contributed by atoms with E-state index in [0.29, 0.717) is 18.9 Å². The van der Waals surface area contributed by atoms with Crippen LogP contribution < -0.4 is 4.90 Å². The molecule has 146 valence electrons. The van der Waals surface area contributed by atoms with Crippen LogP contribution in [0.4, 0.5) is 5.82 Å². The highest BCUT2D eigenvalue weighted by atomic mass is 32.1. The smallest absolute Gasteiger partial charge is 0.265 e. The maximum atomic E-state index is 12.7. The number of hydrogen-bond donors (Lipinski definition) is 0. The molecule has 4 rings (SSSR count). The Balaban J connectivity index is 1.51. The van der Waals surface area contributed by atoms with Crippen molar-refractivity contribution in [3.8, 4) is 5.82 Å². The monoisotopic (exact) mass is 397 g/mol. The molecule has 3 aromatic rings. The molecule has 0 saturated carbocycles. The van der Waals surface area contributed by atoms with Gasteiger partial charge < -0.3 is 9.80 Å². The highest BCUT2D eigenvalue weighted by Crippen LogP contribution is 2.21. The summed E-state index contributed by atoms with van der Waals surface area (Å²) in [5.41, 5.74) is 4.53. The maximum absolute atomic E-state index is 12.7. The van der Waals surface area contributed by atoms with E-state index in [4.69, 9.17) is 0 Å². The molecule has 1 aliphatic heterocycles. The van der Waals surface area contributed by atoms with E-state index < -0.39 is 0 Å². The lowest BCUT2D eigenvalue weighted by atomic mass is 10.2. The van der Waals surface area contributed by atoms with E-state index >= 15 is 0 Å². The first-order valence-electron chi connectivity index (χ1n) is 9.26. The summed E-state index contributed by atoms with van der Waals surface area (Å²) in [7, 11) is 0. The van der Waals surface area contributed by atoms with Crippen molar-refractivity contribution in [3.05, 3.63) is 45.4 Å². The zero-order chi connectivity index (χ0) is 19.8. The minimum atomic E-state index is 0.0712. The van der Waals surface area contributed by atoms with Gasteiger partial charge in [-0.1, -0.05) is 0 Å². The highest BCUT2D eigenvalue weighted by molar-refractivity contribution is 7.11. The number of piperazine rings is 1. The number of carbonyl (C=O) groups is 1. The summed E-state index contributed by atoms with van der Waals surface area (Å²) in [6.45, 7) is 10.5. The fraction of sp³-hybridized carbons (Fsp3) is 0.421. The van der Waals surface area contributed by atoms with Crippen LogP contribution in [0.25, 0.3) is 5.82 Å². The number of rotatable bonds is 3. The van der Waals surface area contributed by atoms with Crippen molar-refractivity contribution in [3.63, 3.8) is 0 Å². The fourth-order valence-corrected chi connectivity index (χ4v) is 4.23. The first-order valence-corrected chi connectivity index (χ1v) is 10.1. The number of aromatic nitrogens is 5. The average Bonchev–Trinajstić information content (AvgIpc) is 3.25. The van der Waals surface area contributed by atoms with Crippen LogP contribution >= 0.6 is 11.3 Å². The molecular formula is C19H23N7OS. The third kappa shape index (κ3) is 3.49. The Morgan fingerprint density at radius 2 is 1.71 bits per heavy atom. The second-order valence-electron chi connectivity index (χ2n) is 7.02. The van der Waals surface area contributed by atoms with E-state index in [1.54, 1.807) is 5.51 Å². The zero-order valence-corrected chi connectivity index (χ0v) is 17.3. The van der Waals surface area contributed by atoms with E-state index in [2.05, 4.69) is 25.0 Å². The molecule has 1 amide bonds. The number of hydrogen-bond acceptors (Lipinski definition) is 7. The Morgan fingerprint density at radius 1 is 1.00 bits per heavy atom. The van der Waals surface area contributed by atoms with Crippen LogP contribution in [-0.4, -0.2) is 61.7 Å². The first kappa shape index (κ1) is 18.5. The fourth-order valence-electron chi connectivity index (χ4n) is 3.46. The largest absolute Gasteiger partial charge is 0.353 e. The third-order valence-corrected chi connectivity index (χ3v) is 5.78. The number of nitrogens with zero attached hydrogens (tertiary/aromatic N) is 7. The molecule has 0 aromatic carbocycles. The van der Waals surface area contributed by atoms with Crippen LogP contribution in [0.5, 0.6) is 0 Å². The van der Waals surface area contributed by atoms with Gasteiger partial charge in [0.1, 0.15) is 16.5 Å². The molecule has 1 fully saturated rings. The van der Waals surface area contributed by atoms with Crippen LogP contribution in [0.2, 0.25) is 0 Å². The van der Waals surface area contributed by atoms with Crippen molar-refractivity contribution < 1.29 is 4.79 Å². The van der Waals surface area contributed by atoms with Gasteiger partial charge in [-0.25, -0.2) is 19.6 Å². The van der Waals surface area contributed by atoms with Gasteiger partial charge in [-0.2, -0.15) is 5.10 Å². The lowest BCUT2D eigenvalue weighted by molar-refractivity contribution is 0.0750. The van der Waals surface area contributed by atoms with Gasteiger partial charge in [-0.15, -0.1) is 11.3 Å². The number of thiazole rings is 1. The molecule has 0 spiro atoms. The van der Waals surface area contributed by atoms with Crippen LogP contribution in [0.1, 0.15) is 32.6 Å². The van der Waals surface area contributed by atoms with Gasteiger partial charge >= 0.3 is 0 Å². The quantitative estimate of drug-likeness (QED) is 0.675. The molecule has 8 nitrogen and oxygen atoms in total. The Morgan fingerprint density at radius 3 is 2.32 bits per heavy atom. The van der Waals surface area contributed by atoms with Gasteiger partial charge in [0.2, 0.25) is 0 Å². The van der Waals surface area contributed by atoms with Crippen molar-refractivity contribution in [2.75, 3.05) is 31.1 Å². The summed E-state index contributed by atoms with van der Waals surface area (Å²) in [6.07, 6.45) is 0. The van der Waals surface area contributed by atoms with Crippen LogP contribution in [0.15, 0.2) is 17.6 Å². The van der Waals surface area contributed by atoms with Gasteiger partial charge in [-0.05, 0) is 33.8 Å². The zero-order valence-electron chi connectivity index (χ0n) is 16.5. The summed E-state index contributed by atoms with van der Waals surface area (Å²) in [6, 6.07) is 4.00.